The van der Waals surface area contributed by atoms with E-state index in [9.17, 15) is 19.2 Å². The van der Waals surface area contributed by atoms with E-state index in [0.29, 0.717) is 25.8 Å². The van der Waals surface area contributed by atoms with Gasteiger partial charge in [0.1, 0.15) is 19.2 Å². The molecule has 0 saturated carbocycles. The van der Waals surface area contributed by atoms with Crippen molar-refractivity contribution < 1.29 is 24.0 Å². The van der Waals surface area contributed by atoms with Crippen LogP contribution in [-0.2, 0) is 25.6 Å². The van der Waals surface area contributed by atoms with Crippen LogP contribution < -0.4 is 21.2 Å². The van der Waals surface area contributed by atoms with Gasteiger partial charge in [0.2, 0.25) is 17.7 Å². The number of ketones is 1. The molecule has 6 atom stereocenters. The summed E-state index contributed by atoms with van der Waals surface area (Å²) in [5.41, 5.74) is 7.78. The Bertz CT molecular complexity index is 1320. The van der Waals surface area contributed by atoms with Crippen LogP contribution in [0, 0.1) is 11.8 Å². The fourth-order valence-electron chi connectivity index (χ4n) is 6.78. The summed E-state index contributed by atoms with van der Waals surface area (Å²) in [5, 5.41) is 6.97. The highest BCUT2D eigenvalue weighted by atomic mass is 16.6. The van der Waals surface area contributed by atoms with Crippen LogP contribution in [0.15, 0.2) is 30.5 Å². The van der Waals surface area contributed by atoms with Crippen molar-refractivity contribution in [3.63, 3.8) is 0 Å². The van der Waals surface area contributed by atoms with Gasteiger partial charge in [-0.3, -0.25) is 19.2 Å². The number of nitrogens with zero attached hydrogens (tertiary/aromatic N) is 2. The Hall–Kier alpha value is -3.40. The summed E-state index contributed by atoms with van der Waals surface area (Å²) in [6.07, 6.45) is 10.1. The number of Topliss-reactive ketones (excluding diaryl/α,β-unsaturated/α-hetero) is 1. The van der Waals surface area contributed by atoms with E-state index in [1.807, 2.05) is 44.3 Å². The molecule has 2 aliphatic rings. The molecule has 2 aliphatic heterocycles. The lowest BCUT2D eigenvalue weighted by molar-refractivity contribution is -0.147. The first-order valence-electron chi connectivity index (χ1n) is 17.0. The van der Waals surface area contributed by atoms with Crippen molar-refractivity contribution in [2.45, 2.75) is 122 Å². The zero-order valence-electron chi connectivity index (χ0n) is 27.6. The van der Waals surface area contributed by atoms with Crippen molar-refractivity contribution in [3.05, 3.63) is 36.0 Å². The summed E-state index contributed by atoms with van der Waals surface area (Å²) in [7, 11) is 1.58. The molecule has 3 amide bonds. The maximum atomic E-state index is 14.1. The van der Waals surface area contributed by atoms with Gasteiger partial charge < -0.3 is 26.1 Å². The van der Waals surface area contributed by atoms with Gasteiger partial charge in [0.05, 0.1) is 11.6 Å². The maximum Gasteiger partial charge on any atom is 0.246 e. The first-order valence-corrected chi connectivity index (χ1v) is 17.0. The highest BCUT2D eigenvalue weighted by Crippen LogP contribution is 2.27. The van der Waals surface area contributed by atoms with E-state index in [1.165, 1.54) is 0 Å². The van der Waals surface area contributed by atoms with Crippen LogP contribution in [0.25, 0.3) is 10.9 Å². The SMILES string of the molecule is CCC(N)CCCCC[C@@H]1CC(=O)[C@H]2CCCCN2C(=O)[C@H](C(C)CC)NC(=O)[C@H](Cc2cn(OC)c3ccccc23)NC1=O. The lowest BCUT2D eigenvalue weighted by Gasteiger charge is -2.39. The van der Waals surface area contributed by atoms with Crippen molar-refractivity contribution >= 4 is 34.4 Å². The average molecular weight is 624 g/mol. The second kappa shape index (κ2) is 16.2. The molecular weight excluding hydrogens is 570 g/mol. The van der Waals surface area contributed by atoms with Crippen LogP contribution in [0.4, 0.5) is 0 Å². The Morgan fingerprint density at radius 3 is 2.51 bits per heavy atom. The van der Waals surface area contributed by atoms with Crippen LogP contribution in [0.3, 0.4) is 0 Å². The highest BCUT2D eigenvalue weighted by molar-refractivity contribution is 5.98. The monoisotopic (exact) mass is 623 g/mol. The molecule has 2 aromatic rings. The second-order valence-corrected chi connectivity index (χ2v) is 13.0. The molecule has 248 valence electrons. The molecule has 10 heteroatoms. The molecule has 10 nitrogen and oxygen atoms in total. The third-order valence-corrected chi connectivity index (χ3v) is 9.92. The van der Waals surface area contributed by atoms with E-state index in [0.717, 1.165) is 61.4 Å². The number of carbonyl (C=O) groups is 4. The molecule has 1 aromatic carbocycles. The van der Waals surface area contributed by atoms with Gasteiger partial charge in [0.25, 0.3) is 0 Å². The number of amides is 3. The van der Waals surface area contributed by atoms with Gasteiger partial charge in [-0.15, -0.1) is 0 Å². The van der Waals surface area contributed by atoms with Gasteiger partial charge in [-0.25, -0.2) is 0 Å². The largest absolute Gasteiger partial charge is 0.417 e. The van der Waals surface area contributed by atoms with Crippen molar-refractivity contribution in [3.8, 4) is 0 Å². The summed E-state index contributed by atoms with van der Waals surface area (Å²) in [5.74, 6) is -1.70. The second-order valence-electron chi connectivity index (χ2n) is 13.0. The number of hydrogen-bond donors (Lipinski definition) is 3. The smallest absolute Gasteiger partial charge is 0.246 e. The zero-order valence-corrected chi connectivity index (χ0v) is 27.6. The number of nitrogens with two attached hydrogens (primary N) is 1. The Balaban J connectivity index is 1.66. The highest BCUT2D eigenvalue weighted by Gasteiger charge is 2.40. The quantitative estimate of drug-likeness (QED) is 0.307. The van der Waals surface area contributed by atoms with E-state index in [2.05, 4.69) is 17.6 Å². The predicted molar refractivity (Wildman–Crippen MR) is 175 cm³/mol. The first-order chi connectivity index (χ1) is 21.7. The van der Waals surface area contributed by atoms with Gasteiger partial charge >= 0.3 is 0 Å². The number of hydrogen-bond acceptors (Lipinski definition) is 6. The Morgan fingerprint density at radius 2 is 1.78 bits per heavy atom. The number of fused-ring (bicyclic) bond motifs is 2. The number of aromatic nitrogens is 1. The van der Waals surface area contributed by atoms with Crippen molar-refractivity contribution in [1.82, 2.24) is 20.3 Å². The molecule has 3 heterocycles. The van der Waals surface area contributed by atoms with E-state index in [-0.39, 0.29) is 42.4 Å². The van der Waals surface area contributed by atoms with Crippen molar-refractivity contribution in [2.24, 2.45) is 17.6 Å². The molecule has 2 saturated heterocycles. The van der Waals surface area contributed by atoms with Crippen LogP contribution in [-0.4, -0.2) is 71.0 Å². The summed E-state index contributed by atoms with van der Waals surface area (Å²) < 4.78 is 1.65. The standard InChI is InChI=1S/C35H53N5O5/c1-5-23(3)32-35(44)39-19-13-12-18-30(39)31(41)21-24(14-8-7-9-15-26(36)6-2)33(42)37-28(34(43)38-32)20-25-22-40(45-4)29-17-11-10-16-27(25)29/h10-11,16-17,22-24,26,28,30,32H,5-9,12-15,18-21,36H2,1-4H3,(H,37,42)(H,38,43)/t23?,24-,26?,28+,30-,32+/m1/s1. The minimum Gasteiger partial charge on any atom is -0.417 e. The number of carbonyl (C=O) groups excluding carboxylic acids is 4. The average Bonchev–Trinajstić information content (AvgIpc) is 3.41. The minimum absolute atomic E-state index is 0.0556. The molecule has 0 bridgehead atoms. The Labute approximate surface area is 267 Å². The van der Waals surface area contributed by atoms with Crippen LogP contribution >= 0.6 is 0 Å². The molecule has 2 unspecified atom stereocenters. The molecule has 0 aliphatic carbocycles. The van der Waals surface area contributed by atoms with E-state index in [4.69, 9.17) is 10.6 Å². The summed E-state index contributed by atoms with van der Waals surface area (Å²) in [6, 6.07) is 5.61. The van der Waals surface area contributed by atoms with Crippen LogP contribution in [0.2, 0.25) is 0 Å². The molecule has 45 heavy (non-hydrogen) atoms. The van der Waals surface area contributed by atoms with Crippen molar-refractivity contribution in [2.75, 3.05) is 13.7 Å². The van der Waals surface area contributed by atoms with Gasteiger partial charge in [-0.2, -0.15) is 4.73 Å². The van der Waals surface area contributed by atoms with Crippen LogP contribution in [0.5, 0.6) is 0 Å². The number of rotatable bonds is 12. The number of unbranched alkanes of at least 4 members (excludes halogenated alkanes) is 2. The number of piperidine rings is 1. The molecule has 2 fully saturated rings. The number of para-hydroxylation sites is 1. The molecule has 4 N–H and O–H groups in total. The third-order valence-electron chi connectivity index (χ3n) is 9.92. The first kappa shape index (κ1) is 34.5. The number of nitrogens with one attached hydrogen (secondary N) is 2. The zero-order chi connectivity index (χ0) is 32.5. The predicted octanol–water partition coefficient (Wildman–Crippen LogP) is 3.92. The third kappa shape index (κ3) is 8.45. The summed E-state index contributed by atoms with van der Waals surface area (Å²) in [4.78, 5) is 63.2. The van der Waals surface area contributed by atoms with Crippen LogP contribution in [0.1, 0.15) is 97.0 Å². The molecule has 0 radical (unpaired) electrons. The molecular formula is C35H53N5O5. The summed E-state index contributed by atoms with van der Waals surface area (Å²) >= 11 is 0. The Kier molecular flexibility index (Phi) is 12.4. The Morgan fingerprint density at radius 1 is 1.00 bits per heavy atom. The fraction of sp³-hybridized carbons (Fsp3) is 0.657. The molecule has 0 spiro atoms. The lowest BCUT2D eigenvalue weighted by atomic mass is 9.87. The normalized spacial score (nSPS) is 24.7. The minimum atomic E-state index is -0.940. The molecule has 1 aromatic heterocycles. The van der Waals surface area contributed by atoms with Gasteiger partial charge in [-0.05, 0) is 56.1 Å². The maximum absolute atomic E-state index is 14.1. The van der Waals surface area contributed by atoms with E-state index >= 15 is 0 Å². The van der Waals surface area contributed by atoms with E-state index < -0.39 is 30.0 Å². The van der Waals surface area contributed by atoms with Gasteiger partial charge in [0, 0.05) is 42.9 Å². The van der Waals surface area contributed by atoms with E-state index in [1.54, 1.807) is 16.7 Å². The van der Waals surface area contributed by atoms with Gasteiger partial charge in [-0.1, -0.05) is 64.7 Å². The van der Waals surface area contributed by atoms with Gasteiger partial charge in [0.15, 0.2) is 5.78 Å². The number of benzene rings is 1. The fourth-order valence-corrected chi connectivity index (χ4v) is 6.78. The summed E-state index contributed by atoms with van der Waals surface area (Å²) in [6.45, 7) is 6.49. The topological polar surface area (TPSA) is 136 Å². The lowest BCUT2D eigenvalue weighted by Crippen LogP contribution is -2.61. The molecule has 4 rings (SSSR count). The van der Waals surface area contributed by atoms with Crippen molar-refractivity contribution in [1.29, 1.82) is 0 Å².